The largest absolute Gasteiger partial charge is 0.494 e. The minimum atomic E-state index is -3.85. The highest BCUT2D eigenvalue weighted by Crippen LogP contribution is 2.28. The normalized spacial score (nSPS) is 11.3. The molecule has 142 valence electrons. The molecule has 0 fully saturated rings. The van der Waals surface area contributed by atoms with Crippen molar-refractivity contribution in [2.75, 3.05) is 19.8 Å². The van der Waals surface area contributed by atoms with Crippen LogP contribution in [0.4, 0.5) is 0 Å². The van der Waals surface area contributed by atoms with Gasteiger partial charge in [0.2, 0.25) is 10.0 Å². The van der Waals surface area contributed by atoms with E-state index < -0.39 is 10.0 Å². The van der Waals surface area contributed by atoms with Gasteiger partial charge in [0.05, 0.1) is 25.5 Å². The smallest absolute Gasteiger partial charge is 0.266 e. The molecule has 0 bridgehead atoms. The highest BCUT2D eigenvalue weighted by molar-refractivity contribution is 7.89. The number of hydrogen-bond acceptors (Lipinski definition) is 6. The lowest BCUT2D eigenvalue weighted by atomic mass is 10.3. The van der Waals surface area contributed by atoms with Gasteiger partial charge >= 0.3 is 0 Å². The van der Waals surface area contributed by atoms with Gasteiger partial charge in [0.25, 0.3) is 5.56 Å². The third-order valence-corrected chi connectivity index (χ3v) is 4.91. The molecular weight excluding hydrogens is 358 g/mol. The van der Waals surface area contributed by atoms with E-state index in [-0.39, 0.29) is 29.3 Å². The summed E-state index contributed by atoms with van der Waals surface area (Å²) >= 11 is 0. The van der Waals surface area contributed by atoms with Gasteiger partial charge in [0.1, 0.15) is 16.4 Å². The van der Waals surface area contributed by atoms with E-state index in [1.807, 2.05) is 6.92 Å². The molecule has 1 N–H and O–H groups in total. The lowest BCUT2D eigenvalue weighted by Gasteiger charge is -2.14. The van der Waals surface area contributed by atoms with Crippen LogP contribution in [0.15, 0.2) is 40.0 Å². The third-order valence-electron chi connectivity index (χ3n) is 3.43. The number of benzene rings is 1. The molecule has 0 unspecified atom stereocenters. The van der Waals surface area contributed by atoms with Crippen molar-refractivity contribution in [3.8, 4) is 11.5 Å². The molecule has 8 nitrogen and oxygen atoms in total. The molecule has 1 aromatic carbocycles. The first-order valence-electron chi connectivity index (χ1n) is 8.31. The Bertz CT molecular complexity index is 909. The molecule has 0 saturated heterocycles. The second kappa shape index (κ2) is 8.81. The summed E-state index contributed by atoms with van der Waals surface area (Å²) in [6.07, 6.45) is 0. The zero-order valence-electron chi connectivity index (χ0n) is 15.1. The second-order valence-corrected chi connectivity index (χ2v) is 7.14. The molecule has 0 aliphatic carbocycles. The Balaban J connectivity index is 2.19. The molecular formula is C17H23N3O5S. The summed E-state index contributed by atoms with van der Waals surface area (Å²) < 4.78 is 39.8. The first-order valence-corrected chi connectivity index (χ1v) is 9.79. The SMILES string of the molecule is CCOc1ccc(OCC)c(S(=O)(=O)NCCn2nc(C)ccc2=O)c1. The molecule has 9 heteroatoms. The summed E-state index contributed by atoms with van der Waals surface area (Å²) in [5.41, 5.74) is 0.388. The first kappa shape index (κ1) is 19.9. The van der Waals surface area contributed by atoms with Crippen molar-refractivity contribution in [3.63, 3.8) is 0 Å². The fourth-order valence-corrected chi connectivity index (χ4v) is 3.48. The first-order chi connectivity index (χ1) is 12.4. The minimum Gasteiger partial charge on any atom is -0.494 e. The Labute approximate surface area is 152 Å². The summed E-state index contributed by atoms with van der Waals surface area (Å²) in [7, 11) is -3.85. The summed E-state index contributed by atoms with van der Waals surface area (Å²) in [6.45, 7) is 6.24. The molecule has 0 saturated carbocycles. The number of sulfonamides is 1. The van der Waals surface area contributed by atoms with Crippen molar-refractivity contribution >= 4 is 10.0 Å². The monoisotopic (exact) mass is 381 g/mol. The molecule has 0 amide bonds. The quantitative estimate of drug-likeness (QED) is 0.703. The van der Waals surface area contributed by atoms with Crippen LogP contribution in [0.25, 0.3) is 0 Å². The Kier molecular flexibility index (Phi) is 6.76. The highest BCUT2D eigenvalue weighted by Gasteiger charge is 2.20. The molecule has 1 heterocycles. The Morgan fingerprint density at radius 2 is 1.85 bits per heavy atom. The molecule has 26 heavy (non-hydrogen) atoms. The predicted octanol–water partition coefficient (Wildman–Crippen LogP) is 1.33. The average Bonchev–Trinajstić information content (AvgIpc) is 2.59. The average molecular weight is 381 g/mol. The van der Waals surface area contributed by atoms with Gasteiger partial charge in [0, 0.05) is 18.7 Å². The standard InChI is InChI=1S/C17H23N3O5S/c1-4-24-14-7-8-15(25-5-2)16(12-14)26(22,23)18-10-11-20-17(21)9-6-13(3)19-20/h6-9,12,18H,4-5,10-11H2,1-3H3. The second-order valence-electron chi connectivity index (χ2n) is 5.41. The van der Waals surface area contributed by atoms with Gasteiger partial charge in [0.15, 0.2) is 0 Å². The zero-order valence-corrected chi connectivity index (χ0v) is 15.9. The summed E-state index contributed by atoms with van der Waals surface area (Å²) in [5, 5.41) is 4.08. The van der Waals surface area contributed by atoms with Crippen molar-refractivity contribution in [2.24, 2.45) is 0 Å². The van der Waals surface area contributed by atoms with Gasteiger partial charge in [-0.05, 0) is 39.0 Å². The molecule has 0 aliphatic heterocycles. The number of nitrogens with one attached hydrogen (secondary N) is 1. The number of hydrogen-bond donors (Lipinski definition) is 1. The van der Waals surface area contributed by atoms with E-state index in [1.165, 1.54) is 16.8 Å². The van der Waals surface area contributed by atoms with Crippen molar-refractivity contribution < 1.29 is 17.9 Å². The predicted molar refractivity (Wildman–Crippen MR) is 97.2 cm³/mol. The zero-order chi connectivity index (χ0) is 19.2. The Morgan fingerprint density at radius 3 is 2.54 bits per heavy atom. The minimum absolute atomic E-state index is 0.00477. The summed E-state index contributed by atoms with van der Waals surface area (Å²) in [5.74, 6) is 0.683. The molecule has 0 atom stereocenters. The number of rotatable bonds is 9. The molecule has 2 rings (SSSR count). The molecule has 0 radical (unpaired) electrons. The van der Waals surface area contributed by atoms with Gasteiger partial charge in [-0.25, -0.2) is 17.8 Å². The van der Waals surface area contributed by atoms with Gasteiger partial charge in [-0.15, -0.1) is 0 Å². The third kappa shape index (κ3) is 5.06. The van der Waals surface area contributed by atoms with Gasteiger partial charge < -0.3 is 9.47 Å². The van der Waals surface area contributed by atoms with E-state index in [9.17, 15) is 13.2 Å². The van der Waals surface area contributed by atoms with Crippen LogP contribution in [0.1, 0.15) is 19.5 Å². The Morgan fingerprint density at radius 1 is 1.12 bits per heavy atom. The van der Waals surface area contributed by atoms with Crippen LogP contribution in [-0.2, 0) is 16.6 Å². The van der Waals surface area contributed by atoms with Crippen LogP contribution in [-0.4, -0.2) is 38.0 Å². The van der Waals surface area contributed by atoms with E-state index in [0.717, 1.165) is 0 Å². The number of aryl methyl sites for hydroxylation is 1. The highest BCUT2D eigenvalue weighted by atomic mass is 32.2. The number of aromatic nitrogens is 2. The van der Waals surface area contributed by atoms with Crippen molar-refractivity contribution in [1.82, 2.24) is 14.5 Å². The van der Waals surface area contributed by atoms with Crippen molar-refractivity contribution in [2.45, 2.75) is 32.2 Å². The van der Waals surface area contributed by atoms with E-state index in [4.69, 9.17) is 9.47 Å². The van der Waals surface area contributed by atoms with Gasteiger partial charge in [-0.2, -0.15) is 5.10 Å². The van der Waals surface area contributed by atoms with E-state index in [0.29, 0.717) is 24.7 Å². The van der Waals surface area contributed by atoms with Gasteiger partial charge in [-0.1, -0.05) is 0 Å². The van der Waals surface area contributed by atoms with Crippen LogP contribution >= 0.6 is 0 Å². The fraction of sp³-hybridized carbons (Fsp3) is 0.412. The molecule has 0 spiro atoms. The number of nitrogens with zero attached hydrogens (tertiary/aromatic N) is 2. The molecule has 0 aliphatic rings. The van der Waals surface area contributed by atoms with E-state index in [1.54, 1.807) is 32.0 Å². The van der Waals surface area contributed by atoms with Crippen molar-refractivity contribution in [1.29, 1.82) is 0 Å². The van der Waals surface area contributed by atoms with Crippen molar-refractivity contribution in [3.05, 3.63) is 46.4 Å². The maximum Gasteiger partial charge on any atom is 0.266 e. The number of ether oxygens (including phenoxy) is 2. The summed E-state index contributed by atoms with van der Waals surface area (Å²) in [6, 6.07) is 7.65. The summed E-state index contributed by atoms with van der Waals surface area (Å²) in [4.78, 5) is 11.7. The van der Waals surface area contributed by atoms with E-state index >= 15 is 0 Å². The lowest BCUT2D eigenvalue weighted by Crippen LogP contribution is -2.32. The molecule has 1 aromatic heterocycles. The fourth-order valence-electron chi connectivity index (χ4n) is 2.30. The van der Waals surface area contributed by atoms with Crippen LogP contribution in [0, 0.1) is 6.92 Å². The maximum absolute atomic E-state index is 12.7. The van der Waals surface area contributed by atoms with Crippen LogP contribution < -0.4 is 19.8 Å². The Hall–Kier alpha value is -2.39. The maximum atomic E-state index is 12.7. The van der Waals surface area contributed by atoms with Crippen LogP contribution in [0.2, 0.25) is 0 Å². The van der Waals surface area contributed by atoms with E-state index in [2.05, 4.69) is 9.82 Å². The molecule has 2 aromatic rings. The van der Waals surface area contributed by atoms with Crippen LogP contribution in [0.3, 0.4) is 0 Å². The lowest BCUT2D eigenvalue weighted by molar-refractivity contribution is 0.322. The topological polar surface area (TPSA) is 99.5 Å². The van der Waals surface area contributed by atoms with Gasteiger partial charge in [-0.3, -0.25) is 4.79 Å². The van der Waals surface area contributed by atoms with Crippen LogP contribution in [0.5, 0.6) is 11.5 Å².